The van der Waals surface area contributed by atoms with Gasteiger partial charge in [0.05, 0.1) is 25.0 Å². The molecular formula is C24H35NO5. The van der Waals surface area contributed by atoms with Crippen LogP contribution in [-0.4, -0.2) is 31.4 Å². The molecule has 0 aromatic heterocycles. The Hall–Kier alpha value is -1.40. The van der Waals surface area contributed by atoms with Crippen LogP contribution in [0.15, 0.2) is 12.3 Å². The summed E-state index contributed by atoms with van der Waals surface area (Å²) in [6.45, 7) is 9.20. The molecule has 0 aromatic rings. The second-order valence-electron chi connectivity index (χ2n) is 10.4. The highest BCUT2D eigenvalue weighted by Gasteiger charge is 2.71. The lowest BCUT2D eigenvalue weighted by atomic mass is 9.59. The molecule has 2 N–H and O–H groups in total. The smallest absolute Gasteiger partial charge is 0.315 e. The summed E-state index contributed by atoms with van der Waals surface area (Å²) in [6, 6.07) is 0. The van der Waals surface area contributed by atoms with Crippen LogP contribution in [0.1, 0.15) is 46.0 Å². The minimum atomic E-state index is -0.476. The molecule has 5 aliphatic rings. The van der Waals surface area contributed by atoms with Crippen LogP contribution in [0.4, 0.5) is 0 Å². The van der Waals surface area contributed by atoms with Crippen molar-refractivity contribution in [1.29, 1.82) is 0 Å². The first-order valence-corrected chi connectivity index (χ1v) is 11.8. The van der Waals surface area contributed by atoms with Crippen molar-refractivity contribution < 1.29 is 23.8 Å². The van der Waals surface area contributed by atoms with Gasteiger partial charge in [-0.05, 0) is 73.0 Å². The number of fused-ring (bicyclic) bond motifs is 9. The van der Waals surface area contributed by atoms with Gasteiger partial charge in [0.1, 0.15) is 5.76 Å². The number of rotatable bonds is 5. The van der Waals surface area contributed by atoms with Gasteiger partial charge in [-0.2, -0.15) is 0 Å². The van der Waals surface area contributed by atoms with Crippen LogP contribution in [0.25, 0.3) is 0 Å². The maximum absolute atomic E-state index is 13.4. The van der Waals surface area contributed by atoms with E-state index in [4.69, 9.17) is 19.9 Å². The first-order chi connectivity index (χ1) is 14.4. The fraction of sp³-hybridized carbons (Fsp3) is 0.833. The van der Waals surface area contributed by atoms with E-state index in [1.807, 2.05) is 0 Å². The molecule has 0 amide bonds. The number of nitrogens with two attached hydrogens (primary N) is 1. The first-order valence-electron chi connectivity index (χ1n) is 11.8. The molecule has 11 atom stereocenters. The molecule has 166 valence electrons. The summed E-state index contributed by atoms with van der Waals surface area (Å²) >= 11 is 0. The van der Waals surface area contributed by atoms with E-state index >= 15 is 0 Å². The third kappa shape index (κ3) is 2.97. The van der Waals surface area contributed by atoms with E-state index in [1.165, 1.54) is 6.42 Å². The Morgan fingerprint density at radius 3 is 2.13 bits per heavy atom. The van der Waals surface area contributed by atoms with Crippen molar-refractivity contribution in [2.75, 3.05) is 13.2 Å². The molecule has 6 heteroatoms. The van der Waals surface area contributed by atoms with Gasteiger partial charge in [-0.25, -0.2) is 0 Å². The van der Waals surface area contributed by atoms with Crippen LogP contribution >= 0.6 is 0 Å². The van der Waals surface area contributed by atoms with E-state index in [9.17, 15) is 9.59 Å². The molecule has 0 aromatic carbocycles. The zero-order chi connectivity index (χ0) is 21.2. The Kier molecular flexibility index (Phi) is 5.21. The molecule has 0 spiro atoms. The predicted molar refractivity (Wildman–Crippen MR) is 109 cm³/mol. The van der Waals surface area contributed by atoms with Crippen molar-refractivity contribution in [2.45, 2.75) is 52.2 Å². The fourth-order valence-corrected chi connectivity index (χ4v) is 8.16. The number of hydrogen-bond acceptors (Lipinski definition) is 6. The van der Waals surface area contributed by atoms with E-state index in [0.717, 1.165) is 25.7 Å². The number of hydrogen-bond donors (Lipinski definition) is 1. The molecule has 1 heterocycles. The molecule has 11 unspecified atom stereocenters. The Morgan fingerprint density at radius 2 is 1.57 bits per heavy atom. The third-order valence-electron chi connectivity index (χ3n) is 9.40. The summed E-state index contributed by atoms with van der Waals surface area (Å²) in [5.74, 6) is 2.97. The highest BCUT2D eigenvalue weighted by Crippen LogP contribution is 2.72. The Bertz CT molecular complexity index is 731. The molecule has 4 aliphatic carbocycles. The maximum atomic E-state index is 13.4. The molecule has 30 heavy (non-hydrogen) atoms. The van der Waals surface area contributed by atoms with E-state index in [2.05, 4.69) is 20.4 Å². The second-order valence-corrected chi connectivity index (χ2v) is 10.4. The van der Waals surface area contributed by atoms with Gasteiger partial charge in [0.25, 0.3) is 0 Å². The van der Waals surface area contributed by atoms with Crippen LogP contribution in [0.2, 0.25) is 0 Å². The van der Waals surface area contributed by atoms with Gasteiger partial charge in [0.15, 0.2) is 0 Å². The van der Waals surface area contributed by atoms with Crippen LogP contribution in [-0.2, 0) is 23.8 Å². The summed E-state index contributed by atoms with van der Waals surface area (Å²) in [5, 5.41) is 0. The monoisotopic (exact) mass is 417 g/mol. The standard InChI is InChI=1S/C24H35NO5/c1-11(10-25)29-23(26)21-16-9-17(20-15-8-14(19(16)20)12(2)13(15)3)22(21)24(27)30-18-6-4-5-7-28-18/h12-22H,1,4-10,25H2,2-3H3. The highest BCUT2D eigenvalue weighted by molar-refractivity contribution is 5.84. The minimum absolute atomic E-state index is 0.100. The number of carbonyl (C=O) groups excluding carboxylic acids is 2. The van der Waals surface area contributed by atoms with E-state index in [1.54, 1.807) is 0 Å². The second kappa shape index (κ2) is 7.63. The van der Waals surface area contributed by atoms with E-state index in [-0.39, 0.29) is 36.1 Å². The minimum Gasteiger partial charge on any atom is -0.436 e. The molecule has 4 saturated carbocycles. The fourth-order valence-electron chi connectivity index (χ4n) is 8.16. The van der Waals surface area contributed by atoms with E-state index in [0.29, 0.717) is 42.1 Å². The van der Waals surface area contributed by atoms with Gasteiger partial charge in [-0.15, -0.1) is 0 Å². The van der Waals surface area contributed by atoms with Gasteiger partial charge in [-0.3, -0.25) is 9.59 Å². The molecule has 4 bridgehead atoms. The number of carbonyl (C=O) groups is 2. The number of esters is 2. The Morgan fingerprint density at radius 1 is 0.967 bits per heavy atom. The lowest BCUT2D eigenvalue weighted by Crippen LogP contribution is -2.48. The van der Waals surface area contributed by atoms with Gasteiger partial charge in [0.2, 0.25) is 6.29 Å². The molecule has 5 rings (SSSR count). The normalized spacial score (nSPS) is 48.4. The van der Waals surface area contributed by atoms with Gasteiger partial charge >= 0.3 is 11.9 Å². The van der Waals surface area contributed by atoms with Crippen molar-refractivity contribution >= 4 is 11.9 Å². The van der Waals surface area contributed by atoms with Gasteiger partial charge < -0.3 is 19.9 Å². The summed E-state index contributed by atoms with van der Waals surface area (Å²) in [7, 11) is 0. The predicted octanol–water partition coefficient (Wildman–Crippen LogP) is 3.11. The average molecular weight is 418 g/mol. The zero-order valence-electron chi connectivity index (χ0n) is 18.1. The topological polar surface area (TPSA) is 87.9 Å². The first kappa shape index (κ1) is 20.5. The van der Waals surface area contributed by atoms with Gasteiger partial charge in [0, 0.05) is 6.42 Å². The summed E-state index contributed by atoms with van der Waals surface area (Å²) < 4.78 is 16.9. The van der Waals surface area contributed by atoms with Gasteiger partial charge in [-0.1, -0.05) is 20.4 Å². The largest absolute Gasteiger partial charge is 0.436 e. The Balaban J connectivity index is 1.41. The zero-order valence-corrected chi connectivity index (χ0v) is 18.1. The van der Waals surface area contributed by atoms with Crippen molar-refractivity contribution in [3.63, 3.8) is 0 Å². The molecule has 5 fully saturated rings. The van der Waals surface area contributed by atoms with Crippen molar-refractivity contribution in [1.82, 2.24) is 0 Å². The van der Waals surface area contributed by atoms with Crippen LogP contribution in [0, 0.1) is 59.2 Å². The molecule has 1 aliphatic heterocycles. The quantitative estimate of drug-likeness (QED) is 0.420. The third-order valence-corrected chi connectivity index (χ3v) is 9.40. The summed E-state index contributed by atoms with van der Waals surface area (Å²) in [6.07, 6.45) is 4.44. The van der Waals surface area contributed by atoms with Crippen molar-refractivity contribution in [3.8, 4) is 0 Å². The maximum Gasteiger partial charge on any atom is 0.315 e. The summed E-state index contributed by atoms with van der Waals surface area (Å²) in [4.78, 5) is 26.5. The van der Waals surface area contributed by atoms with Crippen LogP contribution < -0.4 is 5.73 Å². The molecule has 0 radical (unpaired) electrons. The van der Waals surface area contributed by atoms with Crippen molar-refractivity contribution in [3.05, 3.63) is 12.3 Å². The average Bonchev–Trinajstić information content (AvgIpc) is 3.47. The summed E-state index contributed by atoms with van der Waals surface area (Å²) in [5.41, 5.74) is 5.60. The highest BCUT2D eigenvalue weighted by atomic mass is 16.7. The lowest BCUT2D eigenvalue weighted by molar-refractivity contribution is -0.198. The molecular weight excluding hydrogens is 382 g/mol. The Labute approximate surface area is 178 Å². The molecule has 6 nitrogen and oxygen atoms in total. The van der Waals surface area contributed by atoms with Crippen molar-refractivity contribution in [2.24, 2.45) is 64.9 Å². The lowest BCUT2D eigenvalue weighted by Gasteiger charge is -2.45. The van der Waals surface area contributed by atoms with Crippen LogP contribution in [0.3, 0.4) is 0 Å². The van der Waals surface area contributed by atoms with E-state index < -0.39 is 18.1 Å². The van der Waals surface area contributed by atoms with Crippen LogP contribution in [0.5, 0.6) is 0 Å². The SMILES string of the molecule is C=C(CN)OC(=O)C1C2CC(C1C(=O)OC1CCCCO1)C1C3CC(C(C)C3C)C21. The molecule has 1 saturated heterocycles. The number of ether oxygens (including phenoxy) is 3.